The van der Waals surface area contributed by atoms with Crippen LogP contribution in [0.4, 0.5) is 0 Å². The molecule has 2 aromatic carbocycles. The summed E-state index contributed by atoms with van der Waals surface area (Å²) in [5.74, 6) is -0.671. The van der Waals surface area contributed by atoms with Gasteiger partial charge < -0.3 is 5.11 Å². The van der Waals surface area contributed by atoms with Crippen molar-refractivity contribution in [3.8, 4) is 0 Å². The summed E-state index contributed by atoms with van der Waals surface area (Å²) in [5, 5.41) is 9.78. The SMILES string of the molecule is O=C(O)C1(Cc2ccccc2)CCc2ccccc2C1. The fourth-order valence-electron chi connectivity index (χ4n) is 3.20. The van der Waals surface area contributed by atoms with Crippen LogP contribution in [0.5, 0.6) is 0 Å². The number of benzene rings is 2. The van der Waals surface area contributed by atoms with Crippen LogP contribution in [-0.4, -0.2) is 11.1 Å². The minimum absolute atomic E-state index is 0.609. The predicted octanol–water partition coefficient (Wildman–Crippen LogP) is 3.49. The quantitative estimate of drug-likeness (QED) is 0.923. The smallest absolute Gasteiger partial charge is 0.310 e. The highest BCUT2D eigenvalue weighted by atomic mass is 16.4. The number of aryl methyl sites for hydroxylation is 1. The van der Waals surface area contributed by atoms with Crippen LogP contribution in [0.25, 0.3) is 0 Å². The second kappa shape index (κ2) is 5.12. The Morgan fingerprint density at radius 3 is 2.35 bits per heavy atom. The molecule has 1 unspecified atom stereocenters. The molecule has 0 saturated heterocycles. The molecule has 0 aliphatic heterocycles. The first kappa shape index (κ1) is 12.9. The lowest BCUT2D eigenvalue weighted by Crippen LogP contribution is -2.39. The van der Waals surface area contributed by atoms with Gasteiger partial charge in [0.1, 0.15) is 0 Å². The lowest BCUT2D eigenvalue weighted by molar-refractivity contribution is -0.149. The molecular formula is C18H18O2. The van der Waals surface area contributed by atoms with Gasteiger partial charge in [-0.05, 0) is 42.4 Å². The minimum atomic E-state index is -0.671. The van der Waals surface area contributed by atoms with Crippen molar-refractivity contribution in [3.05, 3.63) is 71.3 Å². The predicted molar refractivity (Wildman–Crippen MR) is 78.7 cm³/mol. The van der Waals surface area contributed by atoms with Gasteiger partial charge in [0.25, 0.3) is 0 Å². The lowest BCUT2D eigenvalue weighted by Gasteiger charge is -2.34. The summed E-state index contributed by atoms with van der Waals surface area (Å²) in [6.07, 6.45) is 2.81. The number of hydrogen-bond acceptors (Lipinski definition) is 1. The van der Waals surface area contributed by atoms with Gasteiger partial charge in [-0.1, -0.05) is 54.6 Å². The zero-order valence-electron chi connectivity index (χ0n) is 11.4. The van der Waals surface area contributed by atoms with Gasteiger partial charge in [0.2, 0.25) is 0 Å². The van der Waals surface area contributed by atoms with Gasteiger partial charge in [0, 0.05) is 0 Å². The van der Waals surface area contributed by atoms with Crippen molar-refractivity contribution in [2.75, 3.05) is 0 Å². The average molecular weight is 266 g/mol. The van der Waals surface area contributed by atoms with E-state index >= 15 is 0 Å². The van der Waals surface area contributed by atoms with Crippen LogP contribution in [-0.2, 0) is 24.1 Å². The third-order valence-corrected chi connectivity index (χ3v) is 4.36. The van der Waals surface area contributed by atoms with E-state index in [0.29, 0.717) is 19.3 Å². The van der Waals surface area contributed by atoms with E-state index in [9.17, 15) is 9.90 Å². The van der Waals surface area contributed by atoms with Gasteiger partial charge in [0.15, 0.2) is 0 Å². The monoisotopic (exact) mass is 266 g/mol. The van der Waals surface area contributed by atoms with Crippen molar-refractivity contribution in [2.45, 2.75) is 25.7 Å². The molecule has 102 valence electrons. The molecule has 0 aromatic heterocycles. The summed E-state index contributed by atoms with van der Waals surface area (Å²) in [6, 6.07) is 18.2. The summed E-state index contributed by atoms with van der Waals surface area (Å²) in [4.78, 5) is 11.9. The molecule has 0 bridgehead atoms. The van der Waals surface area contributed by atoms with Crippen LogP contribution in [0.3, 0.4) is 0 Å². The maximum Gasteiger partial charge on any atom is 0.310 e. The van der Waals surface area contributed by atoms with Crippen LogP contribution in [0.1, 0.15) is 23.1 Å². The second-order valence-electron chi connectivity index (χ2n) is 5.69. The van der Waals surface area contributed by atoms with Crippen molar-refractivity contribution in [1.29, 1.82) is 0 Å². The molecule has 2 aromatic rings. The molecule has 3 rings (SSSR count). The van der Waals surface area contributed by atoms with Gasteiger partial charge in [-0.25, -0.2) is 0 Å². The topological polar surface area (TPSA) is 37.3 Å². The highest BCUT2D eigenvalue weighted by Gasteiger charge is 2.41. The van der Waals surface area contributed by atoms with Crippen LogP contribution >= 0.6 is 0 Å². The largest absolute Gasteiger partial charge is 0.481 e. The Morgan fingerprint density at radius 2 is 1.65 bits per heavy atom. The maximum absolute atomic E-state index is 11.9. The zero-order valence-corrected chi connectivity index (χ0v) is 11.4. The van der Waals surface area contributed by atoms with Crippen molar-refractivity contribution in [2.24, 2.45) is 5.41 Å². The normalized spacial score (nSPS) is 21.2. The molecule has 0 fully saturated rings. The third kappa shape index (κ3) is 2.34. The molecule has 20 heavy (non-hydrogen) atoms. The first-order valence-electron chi connectivity index (χ1n) is 7.04. The summed E-state index contributed by atoms with van der Waals surface area (Å²) in [5.41, 5.74) is 2.94. The van der Waals surface area contributed by atoms with E-state index < -0.39 is 11.4 Å². The molecule has 1 N–H and O–H groups in total. The summed E-state index contributed by atoms with van der Waals surface area (Å²) in [7, 11) is 0. The molecule has 0 saturated carbocycles. The Morgan fingerprint density at radius 1 is 1.00 bits per heavy atom. The number of hydrogen-bond donors (Lipinski definition) is 1. The van der Waals surface area contributed by atoms with Crippen LogP contribution in [0, 0.1) is 5.41 Å². The van der Waals surface area contributed by atoms with Crippen molar-refractivity contribution >= 4 is 5.97 Å². The highest BCUT2D eigenvalue weighted by Crippen LogP contribution is 2.38. The highest BCUT2D eigenvalue weighted by molar-refractivity contribution is 5.76. The van der Waals surface area contributed by atoms with E-state index in [0.717, 1.165) is 12.0 Å². The number of fused-ring (bicyclic) bond motifs is 1. The Hall–Kier alpha value is -2.09. The first-order chi connectivity index (χ1) is 9.70. The van der Waals surface area contributed by atoms with Crippen LogP contribution in [0.15, 0.2) is 54.6 Å². The number of aliphatic carboxylic acids is 1. The Balaban J connectivity index is 1.93. The van der Waals surface area contributed by atoms with E-state index in [-0.39, 0.29) is 0 Å². The van der Waals surface area contributed by atoms with Gasteiger partial charge in [0.05, 0.1) is 5.41 Å². The number of carboxylic acid groups (broad SMARTS) is 1. The molecule has 1 aliphatic rings. The van der Waals surface area contributed by atoms with E-state index in [1.54, 1.807) is 0 Å². The molecule has 2 heteroatoms. The molecule has 0 amide bonds. The molecule has 1 atom stereocenters. The average Bonchev–Trinajstić information content (AvgIpc) is 2.48. The van der Waals surface area contributed by atoms with Gasteiger partial charge in [-0.15, -0.1) is 0 Å². The van der Waals surface area contributed by atoms with Gasteiger partial charge in [-0.2, -0.15) is 0 Å². The number of carboxylic acids is 1. The van der Waals surface area contributed by atoms with E-state index in [2.05, 4.69) is 12.1 Å². The van der Waals surface area contributed by atoms with Crippen molar-refractivity contribution in [1.82, 2.24) is 0 Å². The van der Waals surface area contributed by atoms with E-state index in [4.69, 9.17) is 0 Å². The van der Waals surface area contributed by atoms with Gasteiger partial charge in [-0.3, -0.25) is 4.79 Å². The minimum Gasteiger partial charge on any atom is -0.481 e. The molecule has 1 aliphatic carbocycles. The molecule has 0 heterocycles. The standard InChI is InChI=1S/C18H18O2/c19-17(20)18(12-14-6-2-1-3-7-14)11-10-15-8-4-5-9-16(15)13-18/h1-9H,10-13H2,(H,19,20). The second-order valence-corrected chi connectivity index (χ2v) is 5.69. The Kier molecular flexibility index (Phi) is 3.31. The van der Waals surface area contributed by atoms with E-state index in [1.807, 2.05) is 42.5 Å². The maximum atomic E-state index is 11.9. The molecule has 2 nitrogen and oxygen atoms in total. The Bertz CT molecular complexity index is 618. The molecular weight excluding hydrogens is 248 g/mol. The van der Waals surface area contributed by atoms with Crippen molar-refractivity contribution in [3.63, 3.8) is 0 Å². The number of carbonyl (C=O) groups is 1. The third-order valence-electron chi connectivity index (χ3n) is 4.36. The fourth-order valence-corrected chi connectivity index (χ4v) is 3.20. The van der Waals surface area contributed by atoms with Crippen LogP contribution in [0.2, 0.25) is 0 Å². The summed E-state index contributed by atoms with van der Waals surface area (Å²) >= 11 is 0. The lowest BCUT2D eigenvalue weighted by atomic mass is 9.68. The van der Waals surface area contributed by atoms with Gasteiger partial charge >= 0.3 is 5.97 Å². The zero-order chi connectivity index (χ0) is 14.0. The van der Waals surface area contributed by atoms with Crippen molar-refractivity contribution < 1.29 is 9.90 Å². The fraction of sp³-hybridized carbons (Fsp3) is 0.278. The first-order valence-corrected chi connectivity index (χ1v) is 7.04. The van der Waals surface area contributed by atoms with Crippen LogP contribution < -0.4 is 0 Å². The molecule has 0 spiro atoms. The number of rotatable bonds is 3. The molecule has 0 radical (unpaired) electrons. The summed E-state index contributed by atoms with van der Waals surface area (Å²) < 4.78 is 0. The Labute approximate surface area is 119 Å². The summed E-state index contributed by atoms with van der Waals surface area (Å²) in [6.45, 7) is 0. The van der Waals surface area contributed by atoms with E-state index in [1.165, 1.54) is 11.1 Å².